The number of carbonyl (C=O) groups is 2. The zero-order chi connectivity index (χ0) is 23.7. The molecule has 2 aromatic carbocycles. The molecule has 0 aliphatic carbocycles. The van der Waals surface area contributed by atoms with Crippen LogP contribution in [0.4, 0.5) is 0 Å². The molecule has 0 saturated carbocycles. The summed E-state index contributed by atoms with van der Waals surface area (Å²) in [7, 11) is 0. The van der Waals surface area contributed by atoms with Gasteiger partial charge in [0.25, 0.3) is 0 Å². The van der Waals surface area contributed by atoms with Gasteiger partial charge in [-0.15, -0.1) is 0 Å². The lowest BCUT2D eigenvalue weighted by molar-refractivity contribution is -0.140. The Labute approximate surface area is 205 Å². The highest BCUT2D eigenvalue weighted by molar-refractivity contribution is 6.42. The summed E-state index contributed by atoms with van der Waals surface area (Å²) < 4.78 is 5.67. The van der Waals surface area contributed by atoms with Crippen LogP contribution in [0.1, 0.15) is 39.2 Å². The molecule has 0 heterocycles. The molecule has 0 aromatic heterocycles. The zero-order valence-electron chi connectivity index (χ0n) is 18.5. The average molecular weight is 500 g/mol. The lowest BCUT2D eigenvalue weighted by atomic mass is 10.1. The van der Waals surface area contributed by atoms with Crippen LogP contribution in [0.15, 0.2) is 42.5 Å². The molecule has 32 heavy (non-hydrogen) atoms. The molecule has 1 unspecified atom stereocenters. The van der Waals surface area contributed by atoms with E-state index in [1.54, 1.807) is 54.3 Å². The number of nitrogens with one attached hydrogen (secondary N) is 1. The fourth-order valence-electron chi connectivity index (χ4n) is 2.96. The number of amides is 2. The number of hydrogen-bond acceptors (Lipinski definition) is 3. The van der Waals surface area contributed by atoms with Crippen molar-refractivity contribution in [1.29, 1.82) is 0 Å². The van der Waals surface area contributed by atoms with E-state index >= 15 is 0 Å². The van der Waals surface area contributed by atoms with Crippen LogP contribution in [0.3, 0.4) is 0 Å². The molecule has 2 aromatic rings. The van der Waals surface area contributed by atoms with E-state index < -0.39 is 6.04 Å². The summed E-state index contributed by atoms with van der Waals surface area (Å²) in [6.45, 7) is 6.95. The molecule has 0 fully saturated rings. The Morgan fingerprint density at radius 1 is 1.00 bits per heavy atom. The normalized spacial score (nSPS) is 11.8. The fraction of sp³-hybridized carbons (Fsp3) is 0.417. The van der Waals surface area contributed by atoms with Gasteiger partial charge >= 0.3 is 0 Å². The number of hydrogen-bond donors (Lipinski definition) is 1. The van der Waals surface area contributed by atoms with Gasteiger partial charge in [0.15, 0.2) is 0 Å². The summed E-state index contributed by atoms with van der Waals surface area (Å²) in [5, 5.41) is 4.38. The van der Waals surface area contributed by atoms with E-state index in [2.05, 4.69) is 5.32 Å². The Morgan fingerprint density at radius 2 is 1.69 bits per heavy atom. The minimum atomic E-state index is -0.632. The van der Waals surface area contributed by atoms with Crippen LogP contribution in [0.2, 0.25) is 15.1 Å². The van der Waals surface area contributed by atoms with Gasteiger partial charge in [-0.3, -0.25) is 9.59 Å². The van der Waals surface area contributed by atoms with Crippen LogP contribution in [0.25, 0.3) is 0 Å². The van der Waals surface area contributed by atoms with Gasteiger partial charge in [-0.1, -0.05) is 54.7 Å². The largest absolute Gasteiger partial charge is 0.494 e. The molecule has 0 radical (unpaired) electrons. The Kier molecular flexibility index (Phi) is 10.6. The van der Waals surface area contributed by atoms with Crippen LogP contribution in [-0.4, -0.2) is 35.9 Å². The lowest BCUT2D eigenvalue weighted by Gasteiger charge is -2.29. The minimum Gasteiger partial charge on any atom is -0.494 e. The summed E-state index contributed by atoms with van der Waals surface area (Å²) >= 11 is 18.0. The predicted octanol–water partition coefficient (Wildman–Crippen LogP) is 6.00. The van der Waals surface area contributed by atoms with Crippen LogP contribution in [-0.2, 0) is 16.1 Å². The molecule has 1 atom stereocenters. The fourth-order valence-corrected chi connectivity index (χ4v) is 3.40. The topological polar surface area (TPSA) is 58.6 Å². The lowest BCUT2D eigenvalue weighted by Crippen LogP contribution is -2.48. The van der Waals surface area contributed by atoms with Gasteiger partial charge < -0.3 is 15.0 Å². The number of benzene rings is 2. The third-order valence-electron chi connectivity index (χ3n) is 4.81. The SMILES string of the molecule is CC(C)CNC(=O)C(C)N(Cc1ccc(Cl)c(Cl)c1)C(=O)CCCOc1ccc(Cl)cc1. The van der Waals surface area contributed by atoms with Crippen molar-refractivity contribution in [3.63, 3.8) is 0 Å². The highest BCUT2D eigenvalue weighted by atomic mass is 35.5. The maximum Gasteiger partial charge on any atom is 0.242 e. The van der Waals surface area contributed by atoms with Crippen molar-refractivity contribution >= 4 is 46.6 Å². The summed E-state index contributed by atoms with van der Waals surface area (Å²) in [4.78, 5) is 27.3. The summed E-state index contributed by atoms with van der Waals surface area (Å²) in [5.74, 6) is 0.679. The van der Waals surface area contributed by atoms with Gasteiger partial charge in [-0.05, 0) is 61.2 Å². The molecule has 0 aliphatic heterocycles. The number of ether oxygens (including phenoxy) is 1. The first-order valence-electron chi connectivity index (χ1n) is 10.6. The van der Waals surface area contributed by atoms with Crippen molar-refractivity contribution < 1.29 is 14.3 Å². The van der Waals surface area contributed by atoms with Gasteiger partial charge in [-0.25, -0.2) is 0 Å². The molecule has 0 saturated heterocycles. The van der Waals surface area contributed by atoms with Crippen molar-refractivity contribution in [1.82, 2.24) is 10.2 Å². The van der Waals surface area contributed by atoms with E-state index in [0.717, 1.165) is 5.56 Å². The standard InChI is InChI=1S/C24H29Cl3N2O3/c1-16(2)14-28-24(31)17(3)29(15-18-6-11-21(26)22(27)13-18)23(30)5-4-12-32-20-9-7-19(25)8-10-20/h6-11,13,16-17H,4-5,12,14-15H2,1-3H3,(H,28,31). The molecule has 2 amide bonds. The molecule has 2 rings (SSSR count). The number of rotatable bonds is 11. The monoisotopic (exact) mass is 498 g/mol. The third-order valence-corrected chi connectivity index (χ3v) is 5.80. The quantitative estimate of drug-likeness (QED) is 0.386. The molecular weight excluding hydrogens is 471 g/mol. The first-order chi connectivity index (χ1) is 15.2. The van der Waals surface area contributed by atoms with Crippen molar-refractivity contribution in [2.75, 3.05) is 13.2 Å². The molecule has 174 valence electrons. The van der Waals surface area contributed by atoms with E-state index in [0.29, 0.717) is 46.3 Å². The third kappa shape index (κ3) is 8.53. The maximum absolute atomic E-state index is 13.1. The van der Waals surface area contributed by atoms with Crippen LogP contribution in [0.5, 0.6) is 5.75 Å². The summed E-state index contributed by atoms with van der Waals surface area (Å²) in [5.41, 5.74) is 0.800. The molecule has 8 heteroatoms. The highest BCUT2D eigenvalue weighted by Crippen LogP contribution is 2.24. The minimum absolute atomic E-state index is 0.136. The molecular formula is C24H29Cl3N2O3. The van der Waals surface area contributed by atoms with Gasteiger partial charge in [0.05, 0.1) is 16.7 Å². The number of carbonyl (C=O) groups excluding carboxylic acids is 2. The number of halogens is 3. The Hall–Kier alpha value is -1.95. The zero-order valence-corrected chi connectivity index (χ0v) is 20.8. The molecule has 5 nitrogen and oxygen atoms in total. The van der Waals surface area contributed by atoms with Gasteiger partial charge in [0.2, 0.25) is 11.8 Å². The molecule has 0 bridgehead atoms. The highest BCUT2D eigenvalue weighted by Gasteiger charge is 2.26. The van der Waals surface area contributed by atoms with Crippen LogP contribution in [0, 0.1) is 5.92 Å². The van der Waals surface area contributed by atoms with Crippen molar-refractivity contribution in [3.05, 3.63) is 63.1 Å². The second-order valence-electron chi connectivity index (χ2n) is 7.99. The summed E-state index contributed by atoms with van der Waals surface area (Å²) in [6, 6.07) is 11.6. The van der Waals surface area contributed by atoms with Crippen molar-refractivity contribution in [2.45, 2.75) is 46.2 Å². The van der Waals surface area contributed by atoms with E-state index in [9.17, 15) is 9.59 Å². The predicted molar refractivity (Wildman–Crippen MR) is 131 cm³/mol. The van der Waals surface area contributed by atoms with E-state index in [1.165, 1.54) is 0 Å². The maximum atomic E-state index is 13.1. The summed E-state index contributed by atoms with van der Waals surface area (Å²) in [6.07, 6.45) is 0.760. The van der Waals surface area contributed by atoms with E-state index in [4.69, 9.17) is 39.5 Å². The second-order valence-corrected chi connectivity index (χ2v) is 9.24. The van der Waals surface area contributed by atoms with Gasteiger partial charge in [0.1, 0.15) is 11.8 Å². The molecule has 1 N–H and O–H groups in total. The first-order valence-corrected chi connectivity index (χ1v) is 11.7. The van der Waals surface area contributed by atoms with Crippen molar-refractivity contribution in [2.24, 2.45) is 5.92 Å². The molecule has 0 aliphatic rings. The molecule has 0 spiro atoms. The second kappa shape index (κ2) is 12.9. The van der Waals surface area contributed by atoms with Crippen LogP contribution < -0.4 is 10.1 Å². The Balaban J connectivity index is 2.02. The van der Waals surface area contributed by atoms with E-state index in [-0.39, 0.29) is 24.8 Å². The average Bonchev–Trinajstić information content (AvgIpc) is 2.76. The van der Waals surface area contributed by atoms with Crippen molar-refractivity contribution in [3.8, 4) is 5.75 Å². The smallest absolute Gasteiger partial charge is 0.242 e. The number of nitrogens with zero attached hydrogens (tertiary/aromatic N) is 1. The van der Waals surface area contributed by atoms with E-state index in [1.807, 2.05) is 13.8 Å². The van der Waals surface area contributed by atoms with Crippen LogP contribution >= 0.6 is 34.8 Å². The first kappa shape index (κ1) is 26.3. The Morgan fingerprint density at radius 3 is 2.31 bits per heavy atom. The van der Waals surface area contributed by atoms with Gasteiger partial charge in [-0.2, -0.15) is 0 Å². The van der Waals surface area contributed by atoms with Gasteiger partial charge in [0, 0.05) is 24.5 Å². The Bertz CT molecular complexity index is 904.